The minimum absolute atomic E-state index is 0.108. The Morgan fingerprint density at radius 1 is 0.833 bits per heavy atom. The molecule has 4 aromatic carbocycles. The van der Waals surface area contributed by atoms with Gasteiger partial charge in [0.1, 0.15) is 6.04 Å². The van der Waals surface area contributed by atoms with Gasteiger partial charge >= 0.3 is 0 Å². The second-order valence-corrected chi connectivity index (χ2v) is 11.9. The molecule has 0 bridgehead atoms. The number of amides is 2. The van der Waals surface area contributed by atoms with Crippen LogP contribution < -0.4 is 5.32 Å². The van der Waals surface area contributed by atoms with Gasteiger partial charge in [-0.3, -0.25) is 9.59 Å². The van der Waals surface area contributed by atoms with Crippen molar-refractivity contribution in [2.24, 2.45) is 13.0 Å². The number of hydrogen-bond donors (Lipinski definition) is 1. The summed E-state index contributed by atoms with van der Waals surface area (Å²) < 4.78 is 2.22. The van der Waals surface area contributed by atoms with E-state index in [9.17, 15) is 9.59 Å². The molecule has 5 aromatic rings. The summed E-state index contributed by atoms with van der Waals surface area (Å²) in [6, 6.07) is 31.4. The molecule has 212 valence electrons. The van der Waals surface area contributed by atoms with Crippen molar-refractivity contribution < 1.29 is 9.59 Å². The van der Waals surface area contributed by atoms with E-state index in [-0.39, 0.29) is 17.7 Å². The Balaban J connectivity index is 1.57. The summed E-state index contributed by atoms with van der Waals surface area (Å²) in [5, 5.41) is 4.21. The minimum atomic E-state index is -0.666. The zero-order valence-electron chi connectivity index (χ0n) is 24.9. The first-order valence-corrected chi connectivity index (χ1v) is 14.7. The Hall–Kier alpha value is -4.64. The molecule has 0 aliphatic carbocycles. The molecule has 2 atom stereocenters. The lowest BCUT2D eigenvalue weighted by Crippen LogP contribution is -2.47. The van der Waals surface area contributed by atoms with E-state index in [0.717, 1.165) is 44.5 Å². The van der Waals surface area contributed by atoms with Gasteiger partial charge in [-0.15, -0.1) is 0 Å². The van der Waals surface area contributed by atoms with Gasteiger partial charge in [0.25, 0.3) is 5.91 Å². The van der Waals surface area contributed by atoms with Crippen molar-refractivity contribution in [2.45, 2.75) is 46.2 Å². The molecule has 1 N–H and O–H groups in total. The van der Waals surface area contributed by atoms with Crippen LogP contribution in [0.1, 0.15) is 58.9 Å². The van der Waals surface area contributed by atoms with Gasteiger partial charge in [-0.05, 0) is 61.6 Å². The Labute approximate surface area is 247 Å². The number of rotatable bonds is 7. The zero-order valence-corrected chi connectivity index (χ0v) is 24.9. The van der Waals surface area contributed by atoms with Gasteiger partial charge in [0.2, 0.25) is 5.91 Å². The zero-order chi connectivity index (χ0) is 29.5. The fourth-order valence-electron chi connectivity index (χ4n) is 6.37. The van der Waals surface area contributed by atoms with Crippen LogP contribution in [0.5, 0.6) is 0 Å². The molecule has 1 aromatic heterocycles. The normalized spacial score (nSPS) is 15.3. The molecule has 1 aliphatic heterocycles. The Morgan fingerprint density at radius 2 is 1.45 bits per heavy atom. The number of anilines is 1. The lowest BCUT2D eigenvalue weighted by atomic mass is 9.91. The molecule has 0 radical (unpaired) electrons. The van der Waals surface area contributed by atoms with Crippen molar-refractivity contribution >= 4 is 28.4 Å². The van der Waals surface area contributed by atoms with Crippen molar-refractivity contribution in [3.05, 3.63) is 125 Å². The van der Waals surface area contributed by atoms with E-state index < -0.39 is 12.1 Å². The van der Waals surface area contributed by atoms with Crippen LogP contribution in [0.2, 0.25) is 0 Å². The van der Waals surface area contributed by atoms with E-state index >= 15 is 0 Å². The third kappa shape index (κ3) is 4.79. The van der Waals surface area contributed by atoms with Crippen molar-refractivity contribution in [1.29, 1.82) is 0 Å². The molecule has 2 amide bonds. The minimum Gasteiger partial charge on any atom is -0.343 e. The summed E-state index contributed by atoms with van der Waals surface area (Å²) in [6.45, 7) is 8.31. The summed E-state index contributed by atoms with van der Waals surface area (Å²) in [5.74, 6) is -0.0843. The molecule has 1 aliphatic rings. The quantitative estimate of drug-likeness (QED) is 0.221. The molecule has 0 saturated carbocycles. The number of carbonyl (C=O) groups excluding carboxylic acids is 2. The van der Waals surface area contributed by atoms with E-state index in [1.165, 1.54) is 5.56 Å². The lowest BCUT2D eigenvalue weighted by Gasteiger charge is -2.34. The highest BCUT2D eigenvalue weighted by atomic mass is 16.2. The highest BCUT2D eigenvalue weighted by Crippen LogP contribution is 2.48. The molecule has 42 heavy (non-hydrogen) atoms. The molecule has 2 unspecified atom stereocenters. The first-order chi connectivity index (χ1) is 20.2. The number of fused-ring (bicyclic) bond motifs is 2. The number of nitrogens with one attached hydrogen (secondary N) is 1. The monoisotopic (exact) mass is 555 g/mol. The van der Waals surface area contributed by atoms with E-state index in [1.54, 1.807) is 0 Å². The van der Waals surface area contributed by atoms with Crippen LogP contribution in [0.25, 0.3) is 22.2 Å². The number of carbonyl (C=O) groups is 2. The maximum Gasteiger partial charge on any atom is 0.255 e. The summed E-state index contributed by atoms with van der Waals surface area (Å²) >= 11 is 0. The molecule has 5 nitrogen and oxygen atoms in total. The number of aryl methyl sites for hydroxylation is 3. The molecule has 0 fully saturated rings. The highest BCUT2D eigenvalue weighted by Gasteiger charge is 2.46. The average Bonchev–Trinajstić information content (AvgIpc) is 3.43. The van der Waals surface area contributed by atoms with Gasteiger partial charge < -0.3 is 14.8 Å². The van der Waals surface area contributed by atoms with Crippen molar-refractivity contribution in [3.8, 4) is 11.3 Å². The van der Waals surface area contributed by atoms with Crippen molar-refractivity contribution in [2.75, 3.05) is 5.32 Å². The number of benzene rings is 4. The smallest absolute Gasteiger partial charge is 0.255 e. The first-order valence-electron chi connectivity index (χ1n) is 14.7. The third-order valence-corrected chi connectivity index (χ3v) is 8.40. The molecular weight excluding hydrogens is 518 g/mol. The van der Waals surface area contributed by atoms with Gasteiger partial charge in [-0.25, -0.2) is 0 Å². The number of para-hydroxylation sites is 1. The van der Waals surface area contributed by atoms with E-state index in [4.69, 9.17) is 0 Å². The van der Waals surface area contributed by atoms with Crippen molar-refractivity contribution in [1.82, 2.24) is 9.47 Å². The standard InChI is InChI=1S/C37H37N3O2/c1-23(2)22-32(36(41)38-27-20-16-25(4)17-21-27)40-35(28-10-6-7-11-29(28)37(40)42)33-30-12-8-9-13-31(30)39(5)34(33)26-18-14-24(3)15-19-26/h6-21,23,32,35H,22H2,1-5H3,(H,38,41). The van der Waals surface area contributed by atoms with Gasteiger partial charge in [-0.1, -0.05) is 97.8 Å². The number of hydrogen-bond acceptors (Lipinski definition) is 2. The Bertz CT molecular complexity index is 1780. The lowest BCUT2D eigenvalue weighted by molar-refractivity contribution is -0.121. The molecule has 2 heterocycles. The molecule has 6 rings (SSSR count). The molecule has 0 saturated heterocycles. The third-order valence-electron chi connectivity index (χ3n) is 8.40. The van der Waals surface area contributed by atoms with Crippen LogP contribution in [-0.2, 0) is 11.8 Å². The van der Waals surface area contributed by atoms with E-state index in [2.05, 4.69) is 74.1 Å². The van der Waals surface area contributed by atoms with Crippen LogP contribution in [0.4, 0.5) is 5.69 Å². The van der Waals surface area contributed by atoms with Crippen LogP contribution >= 0.6 is 0 Å². The summed E-state index contributed by atoms with van der Waals surface area (Å²) in [7, 11) is 2.09. The van der Waals surface area contributed by atoms with Gasteiger partial charge in [0, 0.05) is 34.8 Å². The van der Waals surface area contributed by atoms with E-state index in [1.807, 2.05) is 72.5 Å². The van der Waals surface area contributed by atoms with Crippen LogP contribution in [0.15, 0.2) is 97.1 Å². The van der Waals surface area contributed by atoms with Gasteiger partial charge in [0.05, 0.1) is 11.7 Å². The largest absolute Gasteiger partial charge is 0.343 e. The second kappa shape index (κ2) is 11.0. The topological polar surface area (TPSA) is 54.3 Å². The Morgan fingerprint density at radius 3 is 2.14 bits per heavy atom. The number of aromatic nitrogens is 1. The van der Waals surface area contributed by atoms with Gasteiger partial charge in [0.15, 0.2) is 0 Å². The highest BCUT2D eigenvalue weighted by molar-refractivity contribution is 6.06. The van der Waals surface area contributed by atoms with Crippen molar-refractivity contribution in [3.63, 3.8) is 0 Å². The summed E-state index contributed by atoms with van der Waals surface area (Å²) in [6.07, 6.45) is 0.540. The van der Waals surface area contributed by atoms with Gasteiger partial charge in [-0.2, -0.15) is 0 Å². The number of nitrogens with zero attached hydrogens (tertiary/aromatic N) is 2. The Kier molecular flexibility index (Phi) is 7.19. The fourth-order valence-corrected chi connectivity index (χ4v) is 6.37. The predicted octanol–water partition coefficient (Wildman–Crippen LogP) is 8.06. The fraction of sp³-hybridized carbons (Fsp3) is 0.243. The van der Waals surface area contributed by atoms with Crippen LogP contribution in [0.3, 0.4) is 0 Å². The maximum absolute atomic E-state index is 14.4. The second-order valence-electron chi connectivity index (χ2n) is 11.9. The summed E-state index contributed by atoms with van der Waals surface area (Å²) in [4.78, 5) is 30.4. The predicted molar refractivity (Wildman–Crippen MR) is 171 cm³/mol. The maximum atomic E-state index is 14.4. The van der Waals surface area contributed by atoms with Crippen LogP contribution in [0, 0.1) is 19.8 Å². The molecular formula is C37H37N3O2. The first kappa shape index (κ1) is 27.5. The molecule has 0 spiro atoms. The SMILES string of the molecule is Cc1ccc(NC(=O)C(CC(C)C)N2C(=O)c3ccccc3C2c2c(-c3ccc(C)cc3)n(C)c3ccccc23)cc1. The van der Waals surface area contributed by atoms with Crippen LogP contribution in [-0.4, -0.2) is 27.3 Å². The average molecular weight is 556 g/mol. The molecule has 5 heteroatoms. The summed E-state index contributed by atoms with van der Waals surface area (Å²) in [5.41, 5.74) is 8.89. The van der Waals surface area contributed by atoms with E-state index in [0.29, 0.717) is 12.0 Å².